The van der Waals surface area contributed by atoms with Gasteiger partial charge in [-0.3, -0.25) is 4.79 Å². The first kappa shape index (κ1) is 13.8. The highest BCUT2D eigenvalue weighted by Gasteiger charge is 2.19. The van der Waals surface area contributed by atoms with Crippen LogP contribution in [0.3, 0.4) is 0 Å². The number of rotatable bonds is 4. The summed E-state index contributed by atoms with van der Waals surface area (Å²) in [5, 5.41) is 0. The molecule has 0 aliphatic carbocycles. The lowest BCUT2D eigenvalue weighted by atomic mass is 10.0. The summed E-state index contributed by atoms with van der Waals surface area (Å²) in [6, 6.07) is 14.4. The molecule has 0 atom stereocenters. The lowest BCUT2D eigenvalue weighted by Gasteiger charge is -2.10. The summed E-state index contributed by atoms with van der Waals surface area (Å²) in [6.07, 6.45) is -0.367. The minimum atomic E-state index is -0.367. The van der Waals surface area contributed by atoms with E-state index >= 15 is 0 Å². The highest BCUT2D eigenvalue weighted by Crippen LogP contribution is 2.24. The molecule has 0 unspecified atom stereocenters. The highest BCUT2D eigenvalue weighted by atomic mass is 16.7. The first-order chi connectivity index (χ1) is 10.3. The molecular formula is C17H16O4. The Balaban J connectivity index is 1.84. The fourth-order valence-electron chi connectivity index (χ4n) is 2.29. The normalized spacial score (nSPS) is 15.1. The molecule has 2 aromatic rings. The Morgan fingerprint density at radius 3 is 2.43 bits per heavy atom. The molecule has 2 aromatic carbocycles. The molecule has 0 aromatic heterocycles. The van der Waals surface area contributed by atoms with E-state index in [0.29, 0.717) is 24.3 Å². The molecule has 1 aliphatic heterocycles. The van der Waals surface area contributed by atoms with Crippen molar-refractivity contribution in [3.05, 3.63) is 65.2 Å². The number of hydrogen-bond acceptors (Lipinski definition) is 4. The molecule has 0 amide bonds. The fraction of sp³-hybridized carbons (Fsp3) is 0.235. The molecule has 0 bridgehead atoms. The van der Waals surface area contributed by atoms with Gasteiger partial charge in [0.1, 0.15) is 5.75 Å². The number of methoxy groups -OCH3 is 1. The zero-order valence-electron chi connectivity index (χ0n) is 11.7. The standard InChI is InChI=1S/C17H16O4/c1-19-15-7-5-12(6-8-15)16(18)13-3-2-4-14(11-13)17-20-9-10-21-17/h2-8,11,17H,9-10H2,1H3. The molecule has 1 aliphatic rings. The number of carbonyl (C=O) groups excluding carboxylic acids is 1. The van der Waals surface area contributed by atoms with Crippen molar-refractivity contribution in [2.45, 2.75) is 6.29 Å². The zero-order chi connectivity index (χ0) is 14.7. The summed E-state index contributed by atoms with van der Waals surface area (Å²) < 4.78 is 16.0. The monoisotopic (exact) mass is 284 g/mol. The van der Waals surface area contributed by atoms with Crippen LogP contribution in [0, 0.1) is 0 Å². The number of carbonyl (C=O) groups is 1. The number of ether oxygens (including phenoxy) is 3. The maximum absolute atomic E-state index is 12.5. The average Bonchev–Trinajstić information content (AvgIpc) is 3.09. The van der Waals surface area contributed by atoms with Crippen molar-refractivity contribution in [2.75, 3.05) is 20.3 Å². The molecule has 108 valence electrons. The van der Waals surface area contributed by atoms with Crippen LogP contribution in [0.5, 0.6) is 5.75 Å². The minimum Gasteiger partial charge on any atom is -0.497 e. The van der Waals surface area contributed by atoms with Gasteiger partial charge in [0.05, 0.1) is 20.3 Å². The zero-order valence-corrected chi connectivity index (χ0v) is 11.7. The van der Waals surface area contributed by atoms with E-state index in [9.17, 15) is 4.79 Å². The average molecular weight is 284 g/mol. The Bertz CT molecular complexity index is 627. The van der Waals surface area contributed by atoms with Crippen molar-refractivity contribution in [2.24, 2.45) is 0 Å². The van der Waals surface area contributed by atoms with Crippen molar-refractivity contribution in [3.63, 3.8) is 0 Å². The molecule has 0 saturated carbocycles. The first-order valence-electron chi connectivity index (χ1n) is 6.80. The second kappa shape index (κ2) is 6.08. The van der Waals surface area contributed by atoms with Gasteiger partial charge in [-0.05, 0) is 30.3 Å². The number of hydrogen-bond donors (Lipinski definition) is 0. The lowest BCUT2D eigenvalue weighted by molar-refractivity contribution is -0.0441. The van der Waals surface area contributed by atoms with E-state index in [1.54, 1.807) is 37.4 Å². The van der Waals surface area contributed by atoms with Gasteiger partial charge in [0.25, 0.3) is 0 Å². The van der Waals surface area contributed by atoms with Crippen LogP contribution < -0.4 is 4.74 Å². The van der Waals surface area contributed by atoms with E-state index in [1.807, 2.05) is 18.2 Å². The quantitative estimate of drug-likeness (QED) is 0.810. The molecule has 0 spiro atoms. The van der Waals surface area contributed by atoms with E-state index in [-0.39, 0.29) is 12.1 Å². The first-order valence-corrected chi connectivity index (χ1v) is 6.80. The van der Waals surface area contributed by atoms with Gasteiger partial charge in [-0.15, -0.1) is 0 Å². The summed E-state index contributed by atoms with van der Waals surface area (Å²) in [6.45, 7) is 1.17. The highest BCUT2D eigenvalue weighted by molar-refractivity contribution is 6.09. The topological polar surface area (TPSA) is 44.8 Å². The van der Waals surface area contributed by atoms with E-state index in [4.69, 9.17) is 14.2 Å². The van der Waals surface area contributed by atoms with Crippen molar-refractivity contribution >= 4 is 5.78 Å². The predicted molar refractivity (Wildman–Crippen MR) is 77.5 cm³/mol. The Hall–Kier alpha value is -2.17. The Morgan fingerprint density at radius 1 is 1.05 bits per heavy atom. The van der Waals surface area contributed by atoms with E-state index in [0.717, 1.165) is 11.3 Å². The van der Waals surface area contributed by atoms with Gasteiger partial charge < -0.3 is 14.2 Å². The van der Waals surface area contributed by atoms with Gasteiger partial charge in [0.15, 0.2) is 12.1 Å². The maximum Gasteiger partial charge on any atom is 0.193 e. The van der Waals surface area contributed by atoms with Gasteiger partial charge >= 0.3 is 0 Å². The molecule has 1 heterocycles. The maximum atomic E-state index is 12.5. The molecule has 4 nitrogen and oxygen atoms in total. The summed E-state index contributed by atoms with van der Waals surface area (Å²) in [4.78, 5) is 12.5. The lowest BCUT2D eigenvalue weighted by Crippen LogP contribution is -2.04. The third kappa shape index (κ3) is 2.96. The fourth-order valence-corrected chi connectivity index (χ4v) is 2.29. The van der Waals surface area contributed by atoms with Gasteiger partial charge in [0, 0.05) is 16.7 Å². The molecule has 21 heavy (non-hydrogen) atoms. The summed E-state index contributed by atoms with van der Waals surface area (Å²) in [5.74, 6) is 0.700. The number of ketones is 1. The van der Waals surface area contributed by atoms with Crippen LogP contribution in [0.25, 0.3) is 0 Å². The van der Waals surface area contributed by atoms with Crippen molar-refractivity contribution < 1.29 is 19.0 Å². The third-order valence-electron chi connectivity index (χ3n) is 3.39. The van der Waals surface area contributed by atoms with Gasteiger partial charge in [-0.1, -0.05) is 18.2 Å². The van der Waals surface area contributed by atoms with Gasteiger partial charge in [-0.25, -0.2) is 0 Å². The third-order valence-corrected chi connectivity index (χ3v) is 3.39. The SMILES string of the molecule is COc1ccc(C(=O)c2cccc(C3OCCO3)c2)cc1. The smallest absolute Gasteiger partial charge is 0.193 e. The van der Waals surface area contributed by atoms with Gasteiger partial charge in [-0.2, -0.15) is 0 Å². The van der Waals surface area contributed by atoms with Crippen molar-refractivity contribution in [1.82, 2.24) is 0 Å². The largest absolute Gasteiger partial charge is 0.497 e. The van der Waals surface area contributed by atoms with Crippen LogP contribution >= 0.6 is 0 Å². The van der Waals surface area contributed by atoms with Crippen molar-refractivity contribution in [1.29, 1.82) is 0 Å². The van der Waals surface area contributed by atoms with E-state index < -0.39 is 0 Å². The molecule has 3 rings (SSSR count). The van der Waals surface area contributed by atoms with Crippen LogP contribution in [0.2, 0.25) is 0 Å². The van der Waals surface area contributed by atoms with Gasteiger partial charge in [0.2, 0.25) is 0 Å². The summed E-state index contributed by atoms with van der Waals surface area (Å²) >= 11 is 0. The Morgan fingerprint density at radius 2 is 1.76 bits per heavy atom. The van der Waals surface area contributed by atoms with E-state index in [1.165, 1.54) is 0 Å². The van der Waals surface area contributed by atoms with Crippen LogP contribution in [-0.2, 0) is 9.47 Å². The molecule has 0 radical (unpaired) electrons. The summed E-state index contributed by atoms with van der Waals surface area (Å²) in [7, 11) is 1.60. The number of benzene rings is 2. The van der Waals surface area contributed by atoms with Crippen LogP contribution in [0.4, 0.5) is 0 Å². The Labute approximate surface area is 123 Å². The molecular weight excluding hydrogens is 268 g/mol. The van der Waals surface area contributed by atoms with Crippen LogP contribution in [0.15, 0.2) is 48.5 Å². The van der Waals surface area contributed by atoms with Crippen LogP contribution in [-0.4, -0.2) is 26.1 Å². The van der Waals surface area contributed by atoms with Crippen LogP contribution in [0.1, 0.15) is 27.8 Å². The Kier molecular flexibility index (Phi) is 3.99. The molecule has 1 fully saturated rings. The van der Waals surface area contributed by atoms with E-state index in [2.05, 4.69) is 0 Å². The second-order valence-corrected chi connectivity index (χ2v) is 4.76. The molecule has 4 heteroatoms. The predicted octanol–water partition coefficient (Wildman–Crippen LogP) is 2.97. The minimum absolute atomic E-state index is 0.0301. The second-order valence-electron chi connectivity index (χ2n) is 4.76. The summed E-state index contributed by atoms with van der Waals surface area (Å²) in [5.41, 5.74) is 2.12. The van der Waals surface area contributed by atoms with Crippen molar-refractivity contribution in [3.8, 4) is 5.75 Å². The molecule has 1 saturated heterocycles. The molecule has 0 N–H and O–H groups in total.